The molecule has 0 bridgehead atoms. The summed E-state index contributed by atoms with van der Waals surface area (Å²) in [5.41, 5.74) is 0. The lowest BCUT2D eigenvalue weighted by atomic mass is 10.0. The van der Waals surface area contributed by atoms with Crippen molar-refractivity contribution in [1.29, 1.82) is 0 Å². The number of esters is 1. The maximum absolute atomic E-state index is 12.5. The van der Waals surface area contributed by atoms with Gasteiger partial charge in [0.05, 0.1) is 25.4 Å². The molecule has 0 saturated carbocycles. The van der Waals surface area contributed by atoms with E-state index in [2.05, 4.69) is 31.3 Å². The summed E-state index contributed by atoms with van der Waals surface area (Å²) in [7, 11) is 0. The highest BCUT2D eigenvalue weighted by atomic mass is 16.5. The van der Waals surface area contributed by atoms with Crippen molar-refractivity contribution in [3.63, 3.8) is 0 Å². The molecule has 2 unspecified atom stereocenters. The molecule has 0 spiro atoms. The predicted octanol–water partition coefficient (Wildman–Crippen LogP) is 20.8. The maximum atomic E-state index is 12.5. The molecule has 0 aliphatic heterocycles. The average molecular weight is 1020 g/mol. The Hall–Kier alpha value is -1.40. The van der Waals surface area contributed by atoms with E-state index in [4.69, 9.17) is 4.74 Å². The summed E-state index contributed by atoms with van der Waals surface area (Å²) in [6, 6.07) is -0.546. The Kier molecular flexibility index (Phi) is 60.9. The summed E-state index contributed by atoms with van der Waals surface area (Å²) in [5.74, 6) is -0.0242. The fourth-order valence-corrected chi connectivity index (χ4v) is 10.5. The molecule has 0 rings (SSSR count). The Bertz CT molecular complexity index is 1080. The second-order valence-electron chi connectivity index (χ2n) is 22.8. The molecule has 428 valence electrons. The summed E-state index contributed by atoms with van der Waals surface area (Å²) < 4.78 is 5.50. The van der Waals surface area contributed by atoms with Gasteiger partial charge in [-0.3, -0.25) is 9.59 Å². The van der Waals surface area contributed by atoms with Crippen LogP contribution < -0.4 is 5.32 Å². The van der Waals surface area contributed by atoms with Crippen molar-refractivity contribution in [2.45, 2.75) is 386 Å². The van der Waals surface area contributed by atoms with E-state index in [1.54, 1.807) is 0 Å². The number of rotatable bonds is 62. The van der Waals surface area contributed by atoms with Gasteiger partial charge in [0.25, 0.3) is 0 Å². The van der Waals surface area contributed by atoms with Crippen LogP contribution in [-0.4, -0.2) is 47.4 Å². The van der Waals surface area contributed by atoms with Crippen molar-refractivity contribution in [3.05, 3.63) is 12.2 Å². The van der Waals surface area contributed by atoms with E-state index < -0.39 is 12.1 Å². The Balaban J connectivity index is 3.39. The van der Waals surface area contributed by atoms with Crippen molar-refractivity contribution in [3.8, 4) is 0 Å². The second kappa shape index (κ2) is 62.1. The molecule has 0 heterocycles. The van der Waals surface area contributed by atoms with Gasteiger partial charge in [0.15, 0.2) is 0 Å². The first-order valence-corrected chi connectivity index (χ1v) is 32.9. The number of nitrogens with one attached hydrogen (secondary N) is 1. The zero-order valence-corrected chi connectivity index (χ0v) is 48.9. The number of hydrogen-bond donors (Lipinski definition) is 3. The number of aliphatic hydroxyl groups excluding tert-OH is 2. The third-order valence-electron chi connectivity index (χ3n) is 15.6. The van der Waals surface area contributed by atoms with Crippen LogP contribution in [0.15, 0.2) is 12.2 Å². The molecule has 72 heavy (non-hydrogen) atoms. The fourth-order valence-electron chi connectivity index (χ4n) is 10.5. The van der Waals surface area contributed by atoms with Crippen LogP contribution >= 0.6 is 0 Å². The predicted molar refractivity (Wildman–Crippen MR) is 315 cm³/mol. The maximum Gasteiger partial charge on any atom is 0.305 e. The van der Waals surface area contributed by atoms with Gasteiger partial charge in [-0.25, -0.2) is 0 Å². The molecule has 0 aromatic carbocycles. The lowest BCUT2D eigenvalue weighted by Gasteiger charge is -2.22. The molecular formula is C66H129NO5. The number of ether oxygens (including phenoxy) is 1. The van der Waals surface area contributed by atoms with Gasteiger partial charge in [-0.1, -0.05) is 321 Å². The number of hydrogen-bond acceptors (Lipinski definition) is 5. The molecule has 0 aliphatic rings. The number of allylic oxidation sites excluding steroid dienone is 2. The van der Waals surface area contributed by atoms with E-state index >= 15 is 0 Å². The van der Waals surface area contributed by atoms with E-state index in [1.165, 1.54) is 302 Å². The largest absolute Gasteiger partial charge is 0.466 e. The zero-order valence-electron chi connectivity index (χ0n) is 48.9. The molecule has 3 N–H and O–H groups in total. The zero-order chi connectivity index (χ0) is 52.2. The normalized spacial score (nSPS) is 12.6. The second-order valence-corrected chi connectivity index (χ2v) is 22.8. The Morgan fingerprint density at radius 2 is 0.653 bits per heavy atom. The number of unbranched alkanes of at least 4 members (excludes halogenated alkanes) is 49. The highest BCUT2D eigenvalue weighted by Gasteiger charge is 2.20. The molecule has 0 aliphatic carbocycles. The van der Waals surface area contributed by atoms with Gasteiger partial charge in [0.2, 0.25) is 5.91 Å². The van der Waals surface area contributed by atoms with Gasteiger partial charge in [-0.05, 0) is 51.4 Å². The molecule has 6 heteroatoms. The lowest BCUT2D eigenvalue weighted by molar-refractivity contribution is -0.143. The molecule has 2 atom stereocenters. The van der Waals surface area contributed by atoms with Crippen LogP contribution in [0.3, 0.4) is 0 Å². The fraction of sp³-hybridized carbons (Fsp3) is 0.939. The highest BCUT2D eigenvalue weighted by Crippen LogP contribution is 2.18. The van der Waals surface area contributed by atoms with Gasteiger partial charge >= 0.3 is 5.97 Å². The Labute approximate surface area is 450 Å². The molecular weight excluding hydrogens is 887 g/mol. The van der Waals surface area contributed by atoms with Crippen molar-refractivity contribution >= 4 is 11.9 Å². The molecule has 6 nitrogen and oxygen atoms in total. The first kappa shape index (κ1) is 70.6. The van der Waals surface area contributed by atoms with Gasteiger partial charge in [-0.15, -0.1) is 0 Å². The molecule has 0 aromatic rings. The van der Waals surface area contributed by atoms with Crippen LogP contribution in [0.1, 0.15) is 373 Å². The van der Waals surface area contributed by atoms with Gasteiger partial charge in [-0.2, -0.15) is 0 Å². The number of carbonyl (C=O) groups is 2. The van der Waals surface area contributed by atoms with Crippen LogP contribution in [0.5, 0.6) is 0 Å². The van der Waals surface area contributed by atoms with Crippen LogP contribution in [0.4, 0.5) is 0 Å². The molecule has 0 radical (unpaired) electrons. The standard InChI is InChI=1S/C66H129NO5/c1-3-5-7-9-11-13-15-17-19-27-30-34-38-42-46-50-54-58-64(69)63(62-68)67-65(70)59-55-51-47-43-39-35-31-28-25-23-21-22-24-26-29-33-37-41-45-49-53-57-61-72-66(71)60-56-52-48-44-40-36-32-20-18-16-14-12-10-8-6-4-2/h23,25,63-64,68-69H,3-22,24,26-62H2,1-2H3,(H,67,70)/b25-23-. The highest BCUT2D eigenvalue weighted by molar-refractivity contribution is 5.76. The average Bonchev–Trinajstić information content (AvgIpc) is 3.38. The van der Waals surface area contributed by atoms with Crippen molar-refractivity contribution in [2.75, 3.05) is 13.2 Å². The van der Waals surface area contributed by atoms with E-state index in [0.29, 0.717) is 25.9 Å². The topological polar surface area (TPSA) is 95.9 Å². The van der Waals surface area contributed by atoms with E-state index in [0.717, 1.165) is 38.5 Å². The summed E-state index contributed by atoms with van der Waals surface area (Å²) >= 11 is 0. The number of amides is 1. The monoisotopic (exact) mass is 1020 g/mol. The van der Waals surface area contributed by atoms with Gasteiger partial charge in [0, 0.05) is 12.8 Å². The quantitative estimate of drug-likeness (QED) is 0.0320. The molecule has 1 amide bonds. The minimum Gasteiger partial charge on any atom is -0.466 e. The number of carbonyl (C=O) groups excluding carboxylic acids is 2. The van der Waals surface area contributed by atoms with E-state index in [9.17, 15) is 19.8 Å². The summed E-state index contributed by atoms with van der Waals surface area (Å²) in [4.78, 5) is 24.6. The molecule has 0 saturated heterocycles. The van der Waals surface area contributed by atoms with Gasteiger partial charge in [0.1, 0.15) is 0 Å². The number of aliphatic hydroxyl groups is 2. The smallest absolute Gasteiger partial charge is 0.305 e. The summed E-state index contributed by atoms with van der Waals surface area (Å²) in [6.07, 6.45) is 75.2. The SMILES string of the molecule is CCCCCCCCCCCCCCCCCCCC(O)C(CO)NC(=O)CCCCCCCCC/C=C\CCCCCCCCCCCCCOC(=O)CCCCCCCCCCCCCCCCCC. The van der Waals surface area contributed by atoms with Crippen LogP contribution in [0.25, 0.3) is 0 Å². The van der Waals surface area contributed by atoms with Crippen molar-refractivity contribution in [2.24, 2.45) is 0 Å². The lowest BCUT2D eigenvalue weighted by Crippen LogP contribution is -2.45. The Morgan fingerprint density at radius 1 is 0.375 bits per heavy atom. The first-order chi connectivity index (χ1) is 35.5. The van der Waals surface area contributed by atoms with Crippen LogP contribution in [-0.2, 0) is 14.3 Å². The van der Waals surface area contributed by atoms with E-state index in [1.807, 2.05) is 0 Å². The first-order valence-electron chi connectivity index (χ1n) is 32.9. The molecule has 0 aromatic heterocycles. The van der Waals surface area contributed by atoms with E-state index in [-0.39, 0.29) is 18.5 Å². The Morgan fingerprint density at radius 3 is 0.986 bits per heavy atom. The minimum atomic E-state index is -0.668. The summed E-state index contributed by atoms with van der Waals surface area (Å²) in [5, 5.41) is 23.3. The van der Waals surface area contributed by atoms with Crippen LogP contribution in [0.2, 0.25) is 0 Å². The minimum absolute atomic E-state index is 0.0144. The van der Waals surface area contributed by atoms with Crippen LogP contribution in [0, 0.1) is 0 Å². The third kappa shape index (κ3) is 57.9. The summed E-state index contributed by atoms with van der Waals surface area (Å²) in [6.45, 7) is 4.99. The molecule has 0 fully saturated rings. The van der Waals surface area contributed by atoms with Crippen molar-refractivity contribution < 1.29 is 24.5 Å². The van der Waals surface area contributed by atoms with Crippen molar-refractivity contribution in [1.82, 2.24) is 5.32 Å². The third-order valence-corrected chi connectivity index (χ3v) is 15.6. The van der Waals surface area contributed by atoms with Gasteiger partial charge < -0.3 is 20.3 Å².